The van der Waals surface area contributed by atoms with E-state index in [0.717, 1.165) is 19.4 Å². The molecule has 1 rings (SSSR count). The second-order valence-electron chi connectivity index (χ2n) is 6.13. The van der Waals surface area contributed by atoms with Crippen LogP contribution in [0.3, 0.4) is 0 Å². The summed E-state index contributed by atoms with van der Waals surface area (Å²) < 4.78 is 0. The zero-order chi connectivity index (χ0) is 13.6. The average Bonchev–Trinajstić information content (AvgIpc) is 2.30. The van der Waals surface area contributed by atoms with Gasteiger partial charge in [0.15, 0.2) is 0 Å². The quantitative estimate of drug-likeness (QED) is 0.779. The second kappa shape index (κ2) is 6.91. The van der Waals surface area contributed by atoms with Gasteiger partial charge in [0.25, 0.3) is 0 Å². The third-order valence-electron chi connectivity index (χ3n) is 3.08. The van der Waals surface area contributed by atoms with E-state index in [9.17, 15) is 0 Å². The Bertz CT molecular complexity index is 341. The molecule has 2 heteroatoms. The van der Waals surface area contributed by atoms with Gasteiger partial charge < -0.3 is 10.4 Å². The molecule has 0 radical (unpaired) electrons. The Morgan fingerprint density at radius 1 is 1.11 bits per heavy atom. The molecular weight excluding hydrogens is 222 g/mol. The molecule has 2 N–H and O–H groups in total. The number of aliphatic hydroxyl groups excluding tert-OH is 1. The van der Waals surface area contributed by atoms with E-state index in [1.54, 1.807) is 0 Å². The molecular formula is C16H27NO. The molecule has 0 unspecified atom stereocenters. The van der Waals surface area contributed by atoms with Gasteiger partial charge in [-0.2, -0.15) is 0 Å². The van der Waals surface area contributed by atoms with Crippen molar-refractivity contribution in [3.05, 3.63) is 35.4 Å². The molecule has 18 heavy (non-hydrogen) atoms. The highest BCUT2D eigenvalue weighted by Crippen LogP contribution is 2.10. The Morgan fingerprint density at radius 2 is 1.67 bits per heavy atom. The highest BCUT2D eigenvalue weighted by Gasteiger charge is 2.14. The van der Waals surface area contributed by atoms with Crippen LogP contribution in [0.4, 0.5) is 0 Å². The summed E-state index contributed by atoms with van der Waals surface area (Å²) in [7, 11) is 0. The molecule has 1 aromatic carbocycles. The zero-order valence-electron chi connectivity index (χ0n) is 12.2. The predicted octanol–water partition coefficient (Wildman–Crippen LogP) is 2.79. The maximum atomic E-state index is 9.15. The minimum absolute atomic E-state index is 0.167. The lowest BCUT2D eigenvalue weighted by Gasteiger charge is -2.23. The lowest BCUT2D eigenvalue weighted by molar-refractivity contribution is 0.189. The number of benzene rings is 1. The van der Waals surface area contributed by atoms with Crippen LogP contribution in [-0.2, 0) is 12.8 Å². The first-order valence-corrected chi connectivity index (χ1v) is 6.86. The van der Waals surface area contributed by atoms with Gasteiger partial charge in [0.2, 0.25) is 0 Å². The molecule has 0 amide bonds. The summed E-state index contributed by atoms with van der Waals surface area (Å²) in [6.07, 6.45) is 2.15. The number of nitrogens with one attached hydrogen (secondary N) is 1. The third-order valence-corrected chi connectivity index (χ3v) is 3.08. The van der Waals surface area contributed by atoms with Crippen LogP contribution in [-0.4, -0.2) is 23.8 Å². The van der Waals surface area contributed by atoms with Crippen molar-refractivity contribution in [2.45, 2.75) is 46.1 Å². The molecule has 0 bridgehead atoms. The van der Waals surface area contributed by atoms with Crippen LogP contribution in [0.25, 0.3) is 0 Å². The van der Waals surface area contributed by atoms with E-state index < -0.39 is 0 Å². The van der Waals surface area contributed by atoms with E-state index in [2.05, 4.69) is 43.4 Å². The van der Waals surface area contributed by atoms with Gasteiger partial charge in [0, 0.05) is 5.54 Å². The first-order chi connectivity index (χ1) is 8.43. The van der Waals surface area contributed by atoms with E-state index >= 15 is 0 Å². The van der Waals surface area contributed by atoms with Gasteiger partial charge in [-0.3, -0.25) is 0 Å². The van der Waals surface area contributed by atoms with E-state index in [-0.39, 0.29) is 12.1 Å². The molecule has 0 aliphatic carbocycles. The van der Waals surface area contributed by atoms with Crippen molar-refractivity contribution in [2.75, 3.05) is 13.2 Å². The summed E-state index contributed by atoms with van der Waals surface area (Å²) in [5, 5.41) is 12.5. The van der Waals surface area contributed by atoms with E-state index in [0.29, 0.717) is 5.92 Å². The number of aliphatic hydroxyl groups is 1. The summed E-state index contributed by atoms with van der Waals surface area (Å²) in [5.41, 5.74) is 2.58. The molecule has 0 saturated carbocycles. The molecule has 0 spiro atoms. The lowest BCUT2D eigenvalue weighted by Crippen LogP contribution is -2.43. The van der Waals surface area contributed by atoms with Crippen molar-refractivity contribution in [2.24, 2.45) is 5.92 Å². The van der Waals surface area contributed by atoms with Crippen LogP contribution < -0.4 is 5.32 Å². The minimum atomic E-state index is -0.183. The van der Waals surface area contributed by atoms with Crippen LogP contribution in [0.15, 0.2) is 24.3 Å². The third kappa shape index (κ3) is 5.65. The second-order valence-corrected chi connectivity index (χ2v) is 6.13. The molecule has 0 aliphatic heterocycles. The maximum absolute atomic E-state index is 9.15. The Hall–Kier alpha value is -0.860. The Morgan fingerprint density at radius 3 is 2.17 bits per heavy atom. The first-order valence-electron chi connectivity index (χ1n) is 6.86. The average molecular weight is 249 g/mol. The number of hydrogen-bond donors (Lipinski definition) is 2. The molecule has 0 heterocycles. The molecule has 0 aliphatic rings. The van der Waals surface area contributed by atoms with Gasteiger partial charge in [0.05, 0.1) is 6.61 Å². The highest BCUT2D eigenvalue weighted by atomic mass is 16.3. The van der Waals surface area contributed by atoms with Gasteiger partial charge in [0.1, 0.15) is 0 Å². The normalized spacial score (nSPS) is 12.1. The van der Waals surface area contributed by atoms with E-state index in [1.807, 2.05) is 13.8 Å². The van der Waals surface area contributed by atoms with Crippen LogP contribution in [0.2, 0.25) is 0 Å². The molecule has 2 nitrogen and oxygen atoms in total. The van der Waals surface area contributed by atoms with Crippen LogP contribution >= 0.6 is 0 Å². The predicted molar refractivity (Wildman–Crippen MR) is 77.9 cm³/mol. The Labute approximate surface area is 111 Å². The monoisotopic (exact) mass is 249 g/mol. The van der Waals surface area contributed by atoms with Gasteiger partial charge in [-0.05, 0) is 50.3 Å². The fourth-order valence-corrected chi connectivity index (χ4v) is 1.91. The largest absolute Gasteiger partial charge is 0.394 e. The Balaban J connectivity index is 2.40. The molecule has 0 saturated heterocycles. The van der Waals surface area contributed by atoms with Crippen molar-refractivity contribution in [3.63, 3.8) is 0 Å². The van der Waals surface area contributed by atoms with Gasteiger partial charge in [-0.25, -0.2) is 0 Å². The molecule has 0 atom stereocenters. The van der Waals surface area contributed by atoms with Crippen LogP contribution in [0, 0.1) is 5.92 Å². The molecule has 0 fully saturated rings. The van der Waals surface area contributed by atoms with Crippen molar-refractivity contribution in [1.82, 2.24) is 5.32 Å². The van der Waals surface area contributed by atoms with Crippen molar-refractivity contribution < 1.29 is 5.11 Å². The van der Waals surface area contributed by atoms with Crippen molar-refractivity contribution >= 4 is 0 Å². The van der Waals surface area contributed by atoms with E-state index in [1.165, 1.54) is 11.1 Å². The van der Waals surface area contributed by atoms with Crippen molar-refractivity contribution in [3.8, 4) is 0 Å². The highest BCUT2D eigenvalue weighted by molar-refractivity contribution is 5.23. The van der Waals surface area contributed by atoms with Crippen molar-refractivity contribution in [1.29, 1.82) is 0 Å². The summed E-state index contributed by atoms with van der Waals surface area (Å²) in [6, 6.07) is 8.88. The van der Waals surface area contributed by atoms with Gasteiger partial charge in [-0.15, -0.1) is 0 Å². The fraction of sp³-hybridized carbons (Fsp3) is 0.625. The Kier molecular flexibility index (Phi) is 5.83. The minimum Gasteiger partial charge on any atom is -0.394 e. The standard InChI is InChI=1S/C16H27NO/c1-13(2)11-15-7-5-14(6-8-15)9-10-17-16(3,4)12-18/h5-8,13,17-18H,9-12H2,1-4H3. The summed E-state index contributed by atoms with van der Waals surface area (Å²) in [4.78, 5) is 0. The smallest absolute Gasteiger partial charge is 0.0607 e. The maximum Gasteiger partial charge on any atom is 0.0607 e. The summed E-state index contributed by atoms with van der Waals surface area (Å²) in [6.45, 7) is 9.58. The van der Waals surface area contributed by atoms with Crippen LogP contribution in [0.1, 0.15) is 38.8 Å². The van der Waals surface area contributed by atoms with Gasteiger partial charge in [-0.1, -0.05) is 38.1 Å². The fourth-order valence-electron chi connectivity index (χ4n) is 1.91. The van der Waals surface area contributed by atoms with Crippen LogP contribution in [0.5, 0.6) is 0 Å². The van der Waals surface area contributed by atoms with Gasteiger partial charge >= 0.3 is 0 Å². The number of hydrogen-bond acceptors (Lipinski definition) is 2. The molecule has 0 aromatic heterocycles. The topological polar surface area (TPSA) is 32.3 Å². The molecule has 1 aromatic rings. The SMILES string of the molecule is CC(C)Cc1ccc(CCNC(C)(C)CO)cc1. The summed E-state index contributed by atoms with van der Waals surface area (Å²) in [5.74, 6) is 0.711. The first kappa shape index (κ1) is 15.2. The van der Waals surface area contributed by atoms with E-state index in [4.69, 9.17) is 5.11 Å². The molecule has 102 valence electrons. The zero-order valence-corrected chi connectivity index (χ0v) is 12.2. The summed E-state index contributed by atoms with van der Waals surface area (Å²) >= 11 is 0. The number of rotatable bonds is 7. The lowest BCUT2D eigenvalue weighted by atomic mass is 10.0.